The van der Waals surface area contributed by atoms with E-state index in [1.54, 1.807) is 0 Å². The molecular formula is C26H32BrP. The maximum Gasteiger partial charge on any atom is -0.0176 e. The zero-order valence-electron chi connectivity index (χ0n) is 16.6. The number of hydrogen-bond donors (Lipinski definition) is 0. The Morgan fingerprint density at radius 3 is 1.21 bits per heavy atom. The summed E-state index contributed by atoms with van der Waals surface area (Å²) in [7, 11) is 2.88. The van der Waals surface area contributed by atoms with Crippen LogP contribution in [0.25, 0.3) is 0 Å². The fourth-order valence-corrected chi connectivity index (χ4v) is 4.47. The van der Waals surface area contributed by atoms with Gasteiger partial charge in [-0.3, -0.25) is 0 Å². The molecular weight excluding hydrogens is 423 g/mol. The van der Waals surface area contributed by atoms with E-state index in [1.165, 1.54) is 42.1 Å². The maximum atomic E-state index is 2.88. The molecule has 0 radical (unpaired) electrons. The molecule has 1 atom stereocenters. The molecule has 2 heteroatoms. The summed E-state index contributed by atoms with van der Waals surface area (Å²) in [6.07, 6.45) is 8.43. The number of halogens is 1. The van der Waals surface area contributed by atoms with E-state index in [2.05, 4.69) is 100 Å². The van der Waals surface area contributed by atoms with Crippen molar-refractivity contribution in [3.05, 3.63) is 108 Å². The van der Waals surface area contributed by atoms with Gasteiger partial charge in [-0.1, -0.05) is 97.4 Å². The van der Waals surface area contributed by atoms with Gasteiger partial charge in [-0.05, 0) is 60.4 Å². The normalized spacial score (nSPS) is 11.0. The Kier molecular flexibility index (Phi) is 9.96. The van der Waals surface area contributed by atoms with Crippen LogP contribution in [0.2, 0.25) is 0 Å². The molecule has 3 aromatic carbocycles. The molecule has 0 spiro atoms. The Morgan fingerprint density at radius 2 is 0.893 bits per heavy atom. The third kappa shape index (κ3) is 7.19. The number of hydrogen-bond acceptors (Lipinski definition) is 0. The highest BCUT2D eigenvalue weighted by Crippen LogP contribution is 2.37. The van der Waals surface area contributed by atoms with Crippen LogP contribution in [0.3, 0.4) is 0 Å². The highest BCUT2D eigenvalue weighted by Gasteiger charge is 2.30. The van der Waals surface area contributed by atoms with Crippen molar-refractivity contribution in [1.82, 2.24) is 0 Å². The van der Waals surface area contributed by atoms with Crippen LogP contribution in [0.5, 0.6) is 0 Å². The minimum absolute atomic E-state index is 0. The van der Waals surface area contributed by atoms with Gasteiger partial charge in [-0.15, -0.1) is 26.2 Å². The van der Waals surface area contributed by atoms with Gasteiger partial charge in [-0.2, -0.15) is 0 Å². The number of benzene rings is 3. The first-order chi connectivity index (χ1) is 13.3. The van der Waals surface area contributed by atoms with Gasteiger partial charge in [0.2, 0.25) is 0 Å². The van der Waals surface area contributed by atoms with E-state index in [1.807, 2.05) is 0 Å². The van der Waals surface area contributed by atoms with Crippen molar-refractivity contribution >= 4 is 26.2 Å². The summed E-state index contributed by atoms with van der Waals surface area (Å²) < 4.78 is 0. The van der Waals surface area contributed by atoms with Gasteiger partial charge in [0, 0.05) is 0 Å². The van der Waals surface area contributed by atoms with Crippen LogP contribution in [0, 0.1) is 5.41 Å². The Balaban J connectivity index is 0.00000280. The summed E-state index contributed by atoms with van der Waals surface area (Å²) >= 11 is 0. The van der Waals surface area contributed by atoms with Crippen LogP contribution in [0.4, 0.5) is 0 Å². The average molecular weight is 455 g/mol. The van der Waals surface area contributed by atoms with Crippen LogP contribution in [0.15, 0.2) is 91.0 Å². The molecule has 0 aromatic heterocycles. The molecule has 3 rings (SSSR count). The molecule has 1 unspecified atom stereocenters. The maximum absolute atomic E-state index is 2.88. The average Bonchev–Trinajstić information content (AvgIpc) is 2.70. The number of unbranched alkanes of at least 4 members (excludes halogenated alkanes) is 1. The standard InChI is InChI=1S/C26H31P.BrH/c27-19-11-10-18-26(20-23-12-4-1-5-13-23,21-24-14-6-2-7-15-24)22-25-16-8-3-9-17-25;/h1-9,12-17H,10-11,18-22,27H2;1H. The van der Waals surface area contributed by atoms with Crippen molar-refractivity contribution in [2.45, 2.75) is 38.5 Å². The van der Waals surface area contributed by atoms with Crippen molar-refractivity contribution in [3.63, 3.8) is 0 Å². The summed E-state index contributed by atoms with van der Waals surface area (Å²) in [5.74, 6) is 0. The Bertz CT molecular complexity index is 670. The van der Waals surface area contributed by atoms with Crippen molar-refractivity contribution in [2.24, 2.45) is 5.41 Å². The molecule has 0 aliphatic rings. The van der Waals surface area contributed by atoms with E-state index in [4.69, 9.17) is 0 Å². The van der Waals surface area contributed by atoms with E-state index in [0.717, 1.165) is 19.3 Å². The monoisotopic (exact) mass is 454 g/mol. The second-order valence-corrected chi connectivity index (χ2v) is 8.31. The summed E-state index contributed by atoms with van der Waals surface area (Å²) in [5, 5.41) is 0. The molecule has 0 N–H and O–H groups in total. The zero-order chi connectivity index (χ0) is 18.8. The number of rotatable bonds is 10. The topological polar surface area (TPSA) is 0 Å². The van der Waals surface area contributed by atoms with Gasteiger partial charge in [-0.25, -0.2) is 0 Å². The largest absolute Gasteiger partial charge is 0.138 e. The van der Waals surface area contributed by atoms with E-state index in [9.17, 15) is 0 Å². The highest BCUT2D eigenvalue weighted by molar-refractivity contribution is 8.93. The molecule has 0 bridgehead atoms. The second-order valence-electron chi connectivity index (χ2n) is 7.73. The van der Waals surface area contributed by atoms with Crippen molar-refractivity contribution in [2.75, 3.05) is 6.16 Å². The van der Waals surface area contributed by atoms with Gasteiger partial charge in [0.25, 0.3) is 0 Å². The van der Waals surface area contributed by atoms with Gasteiger partial charge in [0.05, 0.1) is 0 Å². The minimum atomic E-state index is 0. The molecule has 0 saturated heterocycles. The predicted molar refractivity (Wildman–Crippen MR) is 132 cm³/mol. The SMILES string of the molecule is Br.PCCCCC(Cc1ccccc1)(Cc1ccccc1)Cc1ccccc1. The van der Waals surface area contributed by atoms with E-state index in [-0.39, 0.29) is 22.4 Å². The van der Waals surface area contributed by atoms with Crippen molar-refractivity contribution < 1.29 is 0 Å². The van der Waals surface area contributed by atoms with Crippen molar-refractivity contribution in [3.8, 4) is 0 Å². The van der Waals surface area contributed by atoms with Gasteiger partial charge < -0.3 is 0 Å². The van der Waals surface area contributed by atoms with Crippen LogP contribution < -0.4 is 0 Å². The first kappa shape index (κ1) is 22.9. The molecule has 0 saturated carbocycles. The molecule has 0 fully saturated rings. The smallest absolute Gasteiger partial charge is 0.0176 e. The zero-order valence-corrected chi connectivity index (χ0v) is 19.5. The lowest BCUT2D eigenvalue weighted by Crippen LogP contribution is -2.30. The first-order valence-corrected chi connectivity index (χ1v) is 10.9. The lowest BCUT2D eigenvalue weighted by molar-refractivity contribution is 0.246. The fraction of sp³-hybridized carbons (Fsp3) is 0.308. The molecule has 28 heavy (non-hydrogen) atoms. The van der Waals surface area contributed by atoms with Crippen LogP contribution in [-0.4, -0.2) is 6.16 Å². The molecule has 3 aromatic rings. The van der Waals surface area contributed by atoms with Crippen LogP contribution >= 0.6 is 26.2 Å². The molecule has 0 heterocycles. The predicted octanol–water partition coefficient (Wildman–Crippen LogP) is 7.32. The molecule has 0 nitrogen and oxygen atoms in total. The van der Waals surface area contributed by atoms with Gasteiger partial charge in [0.1, 0.15) is 0 Å². The molecule has 0 aliphatic carbocycles. The third-order valence-electron chi connectivity index (χ3n) is 5.43. The molecule has 0 aliphatic heterocycles. The van der Waals surface area contributed by atoms with Crippen LogP contribution in [0.1, 0.15) is 36.0 Å². The third-order valence-corrected chi connectivity index (χ3v) is 5.84. The molecule has 0 amide bonds. The van der Waals surface area contributed by atoms with Crippen LogP contribution in [-0.2, 0) is 19.3 Å². The fourth-order valence-electron chi connectivity index (χ4n) is 4.18. The summed E-state index contributed by atoms with van der Waals surface area (Å²) in [6, 6.07) is 33.2. The minimum Gasteiger partial charge on any atom is -0.138 e. The Morgan fingerprint density at radius 1 is 0.536 bits per heavy atom. The van der Waals surface area contributed by atoms with Gasteiger partial charge in [0.15, 0.2) is 0 Å². The summed E-state index contributed by atoms with van der Waals surface area (Å²) in [5.41, 5.74) is 4.62. The lowest BCUT2D eigenvalue weighted by Gasteiger charge is -2.35. The quantitative estimate of drug-likeness (QED) is 0.222. The second kappa shape index (κ2) is 12.2. The van der Waals surface area contributed by atoms with E-state index in [0.29, 0.717) is 0 Å². The highest BCUT2D eigenvalue weighted by atomic mass is 79.9. The lowest BCUT2D eigenvalue weighted by atomic mass is 9.69. The van der Waals surface area contributed by atoms with E-state index < -0.39 is 0 Å². The first-order valence-electron chi connectivity index (χ1n) is 10.1. The van der Waals surface area contributed by atoms with Gasteiger partial charge >= 0.3 is 0 Å². The summed E-state index contributed by atoms with van der Waals surface area (Å²) in [4.78, 5) is 0. The summed E-state index contributed by atoms with van der Waals surface area (Å²) in [6.45, 7) is 0. The Labute approximate surface area is 183 Å². The van der Waals surface area contributed by atoms with E-state index >= 15 is 0 Å². The Hall–Kier alpha value is -1.43. The molecule has 148 valence electrons. The van der Waals surface area contributed by atoms with Crippen molar-refractivity contribution in [1.29, 1.82) is 0 Å².